The zero-order chi connectivity index (χ0) is 9.80. The van der Waals surface area contributed by atoms with Crippen LogP contribution in [0.3, 0.4) is 0 Å². The highest BCUT2D eigenvalue weighted by Gasteiger charge is 2.14. The number of nitrogens with zero attached hydrogens (tertiary/aromatic N) is 1. The van der Waals surface area contributed by atoms with Crippen LogP contribution < -0.4 is 5.32 Å². The predicted molar refractivity (Wildman–Crippen MR) is 54.7 cm³/mol. The molecule has 1 saturated heterocycles. The third-order valence-electron chi connectivity index (χ3n) is 2.69. The van der Waals surface area contributed by atoms with Gasteiger partial charge in [-0.25, -0.2) is 9.71 Å². The maximum absolute atomic E-state index is 12.9. The van der Waals surface area contributed by atoms with Crippen molar-refractivity contribution in [2.45, 2.75) is 31.7 Å². The Kier molecular flexibility index (Phi) is 3.14. The van der Waals surface area contributed by atoms with Crippen molar-refractivity contribution in [1.29, 1.82) is 0 Å². The largest absolute Gasteiger partial charge is 0.238 e. The van der Waals surface area contributed by atoms with Crippen molar-refractivity contribution < 1.29 is 4.39 Å². The molecule has 1 aliphatic rings. The minimum atomic E-state index is -0.140. The molecule has 1 aromatic carbocycles. The Morgan fingerprint density at radius 2 is 2.29 bits per heavy atom. The molecule has 0 aliphatic carbocycles. The molecule has 2 heteroatoms. The van der Waals surface area contributed by atoms with Crippen LogP contribution in [0, 0.1) is 5.82 Å². The molecule has 1 atom stereocenters. The van der Waals surface area contributed by atoms with E-state index >= 15 is 0 Å². The summed E-state index contributed by atoms with van der Waals surface area (Å²) >= 11 is 0. The maximum Gasteiger partial charge on any atom is 0.123 e. The van der Waals surface area contributed by atoms with Gasteiger partial charge in [-0.3, -0.25) is 0 Å². The van der Waals surface area contributed by atoms with E-state index in [0.717, 1.165) is 24.9 Å². The monoisotopic (exact) mass is 192 g/mol. The summed E-state index contributed by atoms with van der Waals surface area (Å²) in [6.45, 7) is 0.986. The van der Waals surface area contributed by atoms with Crippen LogP contribution in [0.5, 0.6) is 0 Å². The van der Waals surface area contributed by atoms with Crippen molar-refractivity contribution in [1.82, 2.24) is 5.32 Å². The molecule has 1 unspecified atom stereocenters. The van der Waals surface area contributed by atoms with Crippen molar-refractivity contribution in [3.63, 3.8) is 0 Å². The quantitative estimate of drug-likeness (QED) is 0.683. The first-order valence-corrected chi connectivity index (χ1v) is 5.25. The second-order valence-corrected chi connectivity index (χ2v) is 3.89. The van der Waals surface area contributed by atoms with Gasteiger partial charge >= 0.3 is 0 Å². The maximum atomic E-state index is 12.9. The van der Waals surface area contributed by atoms with Crippen LogP contribution in [0.1, 0.15) is 24.8 Å². The second-order valence-electron chi connectivity index (χ2n) is 3.89. The van der Waals surface area contributed by atoms with Crippen LogP contribution in [0.2, 0.25) is 0 Å². The Labute approximate surface area is 84.3 Å². The lowest BCUT2D eigenvalue weighted by molar-refractivity contribution is 0.391. The molecule has 0 amide bonds. The molecule has 1 radical (unpaired) electrons. The van der Waals surface area contributed by atoms with E-state index in [-0.39, 0.29) is 5.82 Å². The standard InChI is InChI=1S/C12H15FN/c13-11-5-3-4-10(8-11)9-12-6-1-2-7-14-12/h3-5,8,12H,1-2,6-7,9H2. The van der Waals surface area contributed by atoms with E-state index in [2.05, 4.69) is 5.32 Å². The first-order chi connectivity index (χ1) is 6.84. The SMILES string of the molecule is Fc1cccc(CC2CCCC[N]2)c1. The van der Waals surface area contributed by atoms with Gasteiger partial charge < -0.3 is 0 Å². The Balaban J connectivity index is 1.95. The highest BCUT2D eigenvalue weighted by atomic mass is 19.1. The molecule has 0 N–H and O–H groups in total. The normalized spacial score (nSPS) is 22.2. The lowest BCUT2D eigenvalue weighted by atomic mass is 9.98. The molecule has 1 aromatic rings. The van der Waals surface area contributed by atoms with E-state index in [1.54, 1.807) is 12.1 Å². The first-order valence-electron chi connectivity index (χ1n) is 5.25. The van der Waals surface area contributed by atoms with Gasteiger partial charge in [0.2, 0.25) is 0 Å². The molecule has 1 fully saturated rings. The van der Waals surface area contributed by atoms with E-state index in [9.17, 15) is 4.39 Å². The highest BCUT2D eigenvalue weighted by molar-refractivity contribution is 5.17. The molecule has 14 heavy (non-hydrogen) atoms. The molecule has 1 nitrogen and oxygen atoms in total. The second kappa shape index (κ2) is 4.56. The summed E-state index contributed by atoms with van der Waals surface area (Å²) in [5.74, 6) is -0.140. The topological polar surface area (TPSA) is 14.1 Å². The van der Waals surface area contributed by atoms with E-state index in [1.165, 1.54) is 18.9 Å². The Morgan fingerprint density at radius 1 is 1.36 bits per heavy atom. The van der Waals surface area contributed by atoms with Crippen LogP contribution in [-0.2, 0) is 6.42 Å². The Bertz CT molecular complexity index is 292. The van der Waals surface area contributed by atoms with Gasteiger partial charge in [0.1, 0.15) is 5.82 Å². The minimum Gasteiger partial charge on any atom is -0.238 e. The number of piperidine rings is 1. The smallest absolute Gasteiger partial charge is 0.123 e. The average Bonchev–Trinajstić information content (AvgIpc) is 2.19. The van der Waals surface area contributed by atoms with Crippen molar-refractivity contribution >= 4 is 0 Å². The van der Waals surface area contributed by atoms with E-state index < -0.39 is 0 Å². The summed E-state index contributed by atoms with van der Waals surface area (Å²) in [4.78, 5) is 0. The molecule has 1 aliphatic heterocycles. The van der Waals surface area contributed by atoms with Crippen LogP contribution in [0.25, 0.3) is 0 Å². The minimum absolute atomic E-state index is 0.140. The van der Waals surface area contributed by atoms with Gasteiger partial charge in [-0.1, -0.05) is 18.6 Å². The molecule has 0 bridgehead atoms. The van der Waals surface area contributed by atoms with Crippen molar-refractivity contribution in [3.8, 4) is 0 Å². The van der Waals surface area contributed by atoms with Crippen LogP contribution in [0.4, 0.5) is 4.39 Å². The molecule has 2 rings (SSSR count). The average molecular weight is 192 g/mol. The summed E-state index contributed by atoms with van der Waals surface area (Å²) in [7, 11) is 0. The summed E-state index contributed by atoms with van der Waals surface area (Å²) < 4.78 is 12.9. The van der Waals surface area contributed by atoms with Gasteiger partial charge in [-0.2, -0.15) is 0 Å². The van der Waals surface area contributed by atoms with Gasteiger partial charge in [0, 0.05) is 12.6 Å². The number of hydrogen-bond acceptors (Lipinski definition) is 0. The van der Waals surface area contributed by atoms with Crippen molar-refractivity contribution in [3.05, 3.63) is 35.6 Å². The molecule has 1 heterocycles. The lowest BCUT2D eigenvalue weighted by Crippen LogP contribution is -2.29. The fourth-order valence-corrected chi connectivity index (χ4v) is 1.96. The summed E-state index contributed by atoms with van der Waals surface area (Å²) in [6.07, 6.45) is 4.55. The lowest BCUT2D eigenvalue weighted by Gasteiger charge is -2.21. The summed E-state index contributed by atoms with van der Waals surface area (Å²) in [5.41, 5.74) is 1.07. The molecule has 0 saturated carbocycles. The highest BCUT2D eigenvalue weighted by Crippen LogP contribution is 2.14. The summed E-state index contributed by atoms with van der Waals surface area (Å²) in [5, 5.41) is 4.53. The Hall–Kier alpha value is -0.890. The van der Waals surface area contributed by atoms with Gasteiger partial charge in [-0.05, 0) is 37.0 Å². The number of halogens is 1. The van der Waals surface area contributed by atoms with Gasteiger partial charge in [0.25, 0.3) is 0 Å². The third kappa shape index (κ3) is 2.55. The Morgan fingerprint density at radius 3 is 3.00 bits per heavy atom. The van der Waals surface area contributed by atoms with Crippen LogP contribution in [-0.4, -0.2) is 12.6 Å². The molecular weight excluding hydrogens is 177 g/mol. The van der Waals surface area contributed by atoms with Gasteiger partial charge in [-0.15, -0.1) is 0 Å². The van der Waals surface area contributed by atoms with Gasteiger partial charge in [0.05, 0.1) is 0 Å². The van der Waals surface area contributed by atoms with E-state index in [1.807, 2.05) is 6.07 Å². The van der Waals surface area contributed by atoms with E-state index in [0.29, 0.717) is 6.04 Å². The van der Waals surface area contributed by atoms with E-state index in [4.69, 9.17) is 0 Å². The number of rotatable bonds is 2. The van der Waals surface area contributed by atoms with Crippen molar-refractivity contribution in [2.75, 3.05) is 6.54 Å². The number of hydrogen-bond donors (Lipinski definition) is 0. The zero-order valence-corrected chi connectivity index (χ0v) is 8.25. The molecule has 0 aromatic heterocycles. The molecular formula is C12H15FN. The third-order valence-corrected chi connectivity index (χ3v) is 2.69. The fraction of sp³-hybridized carbons (Fsp3) is 0.500. The van der Waals surface area contributed by atoms with Gasteiger partial charge in [0.15, 0.2) is 0 Å². The first kappa shape index (κ1) is 9.66. The zero-order valence-electron chi connectivity index (χ0n) is 8.25. The fourth-order valence-electron chi connectivity index (χ4n) is 1.96. The van der Waals surface area contributed by atoms with Crippen LogP contribution >= 0.6 is 0 Å². The molecule has 75 valence electrons. The van der Waals surface area contributed by atoms with Crippen LogP contribution in [0.15, 0.2) is 24.3 Å². The molecule has 0 spiro atoms. The predicted octanol–water partition coefficient (Wildman–Crippen LogP) is 2.53. The summed E-state index contributed by atoms with van der Waals surface area (Å²) in [6, 6.07) is 7.28. The van der Waals surface area contributed by atoms with Crippen molar-refractivity contribution in [2.24, 2.45) is 0 Å². The number of benzene rings is 1.